The molecule has 1 atom stereocenters. The lowest BCUT2D eigenvalue weighted by atomic mass is 9.98. The number of carbonyl (C=O) groups excluding carboxylic acids is 1. The number of likely N-dealkylation sites (tertiary alicyclic amines) is 1. The van der Waals surface area contributed by atoms with E-state index in [2.05, 4.69) is 33.8 Å². The second-order valence-corrected chi connectivity index (χ2v) is 10.1. The Morgan fingerprint density at radius 3 is 2.77 bits per heavy atom. The highest BCUT2D eigenvalue weighted by molar-refractivity contribution is 5.97. The van der Waals surface area contributed by atoms with E-state index in [0.29, 0.717) is 18.7 Å². The van der Waals surface area contributed by atoms with Crippen molar-refractivity contribution in [3.63, 3.8) is 0 Å². The number of nitriles is 1. The standard InChI is InChI=1S/C28H31N5O2/c1-28(2)18-31-26(17-35-28)27(34)33-10-7-23(8-11-33)32-25-14-22(13-21-6-9-30-16-24(21)25)20-5-3-4-19(12-20)15-29/h3-6,9,12-14,16,23,26,31-32H,7-8,10-11,17-18H2,1-2H3/t26-/m0/s1. The Balaban J connectivity index is 1.29. The zero-order chi connectivity index (χ0) is 24.4. The summed E-state index contributed by atoms with van der Waals surface area (Å²) in [5.41, 5.74) is 3.52. The third-order valence-electron chi connectivity index (χ3n) is 6.96. The Morgan fingerprint density at radius 2 is 2.03 bits per heavy atom. The summed E-state index contributed by atoms with van der Waals surface area (Å²) in [6, 6.07) is 16.2. The van der Waals surface area contributed by atoms with Gasteiger partial charge in [-0.1, -0.05) is 12.1 Å². The van der Waals surface area contributed by atoms with E-state index in [-0.39, 0.29) is 23.6 Å². The number of carbonyl (C=O) groups is 1. The maximum absolute atomic E-state index is 13.0. The highest BCUT2D eigenvalue weighted by Crippen LogP contribution is 2.32. The van der Waals surface area contributed by atoms with Crippen LogP contribution in [0.2, 0.25) is 0 Å². The molecule has 0 aliphatic carbocycles. The van der Waals surface area contributed by atoms with Crippen LogP contribution in [0.1, 0.15) is 32.3 Å². The van der Waals surface area contributed by atoms with Gasteiger partial charge in [-0.25, -0.2) is 0 Å². The summed E-state index contributed by atoms with van der Waals surface area (Å²) in [7, 11) is 0. The summed E-state index contributed by atoms with van der Waals surface area (Å²) in [5.74, 6) is 0.132. The number of benzene rings is 2. The van der Waals surface area contributed by atoms with Gasteiger partial charge in [0.05, 0.1) is 23.8 Å². The van der Waals surface area contributed by atoms with Gasteiger partial charge in [0.2, 0.25) is 5.91 Å². The first-order valence-corrected chi connectivity index (χ1v) is 12.2. The zero-order valence-corrected chi connectivity index (χ0v) is 20.3. The Hall–Kier alpha value is -3.47. The van der Waals surface area contributed by atoms with Crippen LogP contribution in [0, 0.1) is 11.3 Å². The number of morpholine rings is 1. The van der Waals surface area contributed by atoms with Crippen molar-refractivity contribution in [2.75, 3.05) is 31.6 Å². The maximum atomic E-state index is 13.0. The average molecular weight is 470 g/mol. The lowest BCUT2D eigenvalue weighted by Crippen LogP contribution is -2.59. The third-order valence-corrected chi connectivity index (χ3v) is 6.96. The van der Waals surface area contributed by atoms with Gasteiger partial charge in [0.15, 0.2) is 0 Å². The first-order valence-electron chi connectivity index (χ1n) is 12.2. The number of amides is 1. The maximum Gasteiger partial charge on any atom is 0.242 e. The van der Waals surface area contributed by atoms with Crippen molar-refractivity contribution in [2.45, 2.75) is 44.4 Å². The first kappa shape index (κ1) is 23.3. The number of hydrogen-bond donors (Lipinski definition) is 2. The van der Waals surface area contributed by atoms with Gasteiger partial charge in [0.25, 0.3) is 0 Å². The molecule has 2 aliphatic heterocycles. The van der Waals surface area contributed by atoms with E-state index >= 15 is 0 Å². The molecule has 2 N–H and O–H groups in total. The molecule has 1 aromatic heterocycles. The molecule has 0 bridgehead atoms. The molecular formula is C28H31N5O2. The van der Waals surface area contributed by atoms with E-state index in [1.54, 1.807) is 6.20 Å². The van der Waals surface area contributed by atoms with Crippen molar-refractivity contribution in [3.05, 3.63) is 60.4 Å². The quantitative estimate of drug-likeness (QED) is 0.602. The molecule has 1 amide bonds. The first-order chi connectivity index (χ1) is 16.9. The largest absolute Gasteiger partial charge is 0.382 e. The minimum atomic E-state index is -0.261. The average Bonchev–Trinajstić information content (AvgIpc) is 2.88. The number of pyridine rings is 1. The molecule has 2 fully saturated rings. The molecule has 2 aromatic carbocycles. The molecule has 0 unspecified atom stereocenters. The SMILES string of the molecule is CC1(C)CN[C@H](C(=O)N2CCC(Nc3cc(-c4cccc(C#N)c4)cc4ccncc34)CC2)CO1. The van der Waals surface area contributed by atoms with Gasteiger partial charge in [0.1, 0.15) is 6.04 Å². The fourth-order valence-corrected chi connectivity index (χ4v) is 4.88. The molecule has 180 valence electrons. The van der Waals surface area contributed by atoms with Crippen LogP contribution >= 0.6 is 0 Å². The van der Waals surface area contributed by atoms with Crippen molar-refractivity contribution in [1.29, 1.82) is 5.26 Å². The van der Waals surface area contributed by atoms with Crippen molar-refractivity contribution in [1.82, 2.24) is 15.2 Å². The fourth-order valence-electron chi connectivity index (χ4n) is 4.88. The normalized spacial score (nSPS) is 20.4. The minimum absolute atomic E-state index is 0.132. The molecule has 3 heterocycles. The fraction of sp³-hybridized carbons (Fsp3) is 0.393. The summed E-state index contributed by atoms with van der Waals surface area (Å²) < 4.78 is 5.85. The summed E-state index contributed by atoms with van der Waals surface area (Å²) in [6.07, 6.45) is 5.44. The third kappa shape index (κ3) is 5.14. The van der Waals surface area contributed by atoms with E-state index in [0.717, 1.165) is 53.5 Å². The van der Waals surface area contributed by atoms with Gasteiger partial charge < -0.3 is 20.3 Å². The molecule has 2 saturated heterocycles. The summed E-state index contributed by atoms with van der Waals surface area (Å²) in [6.45, 7) is 6.61. The zero-order valence-electron chi connectivity index (χ0n) is 20.3. The number of ether oxygens (including phenoxy) is 1. The highest BCUT2D eigenvalue weighted by Gasteiger charge is 2.34. The Bertz CT molecular complexity index is 1260. The van der Waals surface area contributed by atoms with Gasteiger partial charge in [-0.2, -0.15) is 5.26 Å². The van der Waals surface area contributed by atoms with Gasteiger partial charge in [-0.05, 0) is 73.5 Å². The van der Waals surface area contributed by atoms with E-state index in [9.17, 15) is 10.1 Å². The van der Waals surface area contributed by atoms with Crippen LogP contribution in [0.15, 0.2) is 54.9 Å². The molecule has 3 aromatic rings. The Morgan fingerprint density at radius 1 is 1.20 bits per heavy atom. The number of piperidine rings is 1. The second-order valence-electron chi connectivity index (χ2n) is 10.1. The number of fused-ring (bicyclic) bond motifs is 1. The molecule has 0 spiro atoms. The number of anilines is 1. The van der Waals surface area contributed by atoms with E-state index in [4.69, 9.17) is 4.74 Å². The monoisotopic (exact) mass is 469 g/mol. The van der Waals surface area contributed by atoms with Crippen LogP contribution in [-0.2, 0) is 9.53 Å². The molecule has 0 saturated carbocycles. The van der Waals surface area contributed by atoms with Crippen LogP contribution in [0.4, 0.5) is 5.69 Å². The lowest BCUT2D eigenvalue weighted by molar-refractivity contribution is -0.142. The van der Waals surface area contributed by atoms with E-state index in [1.807, 2.05) is 55.3 Å². The van der Waals surface area contributed by atoms with Gasteiger partial charge >= 0.3 is 0 Å². The summed E-state index contributed by atoms with van der Waals surface area (Å²) in [4.78, 5) is 19.3. The number of hydrogen-bond acceptors (Lipinski definition) is 6. The van der Waals surface area contributed by atoms with Crippen molar-refractivity contribution in [3.8, 4) is 17.2 Å². The molecular weight excluding hydrogens is 438 g/mol. The van der Waals surface area contributed by atoms with E-state index in [1.165, 1.54) is 0 Å². The Labute approximate surface area is 206 Å². The summed E-state index contributed by atoms with van der Waals surface area (Å²) >= 11 is 0. The van der Waals surface area contributed by atoms with Crippen LogP contribution < -0.4 is 10.6 Å². The molecule has 7 nitrogen and oxygen atoms in total. The number of nitrogens with zero attached hydrogens (tertiary/aromatic N) is 3. The van der Waals surface area contributed by atoms with Gasteiger partial charge in [-0.15, -0.1) is 0 Å². The lowest BCUT2D eigenvalue weighted by Gasteiger charge is -2.39. The Kier molecular flexibility index (Phi) is 6.42. The van der Waals surface area contributed by atoms with Crippen molar-refractivity contribution < 1.29 is 9.53 Å². The molecule has 2 aliphatic rings. The van der Waals surface area contributed by atoms with Crippen LogP contribution in [0.25, 0.3) is 21.9 Å². The van der Waals surface area contributed by atoms with Crippen molar-refractivity contribution >= 4 is 22.4 Å². The summed E-state index contributed by atoms with van der Waals surface area (Å²) in [5, 5.41) is 18.6. The van der Waals surface area contributed by atoms with Gasteiger partial charge in [0, 0.05) is 49.1 Å². The number of aromatic nitrogens is 1. The molecule has 5 rings (SSSR count). The second kappa shape index (κ2) is 9.65. The topological polar surface area (TPSA) is 90.3 Å². The number of nitrogens with one attached hydrogen (secondary N) is 2. The van der Waals surface area contributed by atoms with Crippen LogP contribution in [0.3, 0.4) is 0 Å². The van der Waals surface area contributed by atoms with Crippen LogP contribution in [-0.4, -0.2) is 59.7 Å². The molecule has 0 radical (unpaired) electrons. The van der Waals surface area contributed by atoms with Gasteiger partial charge in [-0.3, -0.25) is 9.78 Å². The minimum Gasteiger partial charge on any atom is -0.382 e. The molecule has 7 heteroatoms. The smallest absolute Gasteiger partial charge is 0.242 e. The highest BCUT2D eigenvalue weighted by atomic mass is 16.5. The van der Waals surface area contributed by atoms with Crippen LogP contribution in [0.5, 0.6) is 0 Å². The predicted octanol–water partition coefficient (Wildman–Crippen LogP) is 3.94. The molecule has 35 heavy (non-hydrogen) atoms. The van der Waals surface area contributed by atoms with E-state index < -0.39 is 0 Å². The predicted molar refractivity (Wildman–Crippen MR) is 137 cm³/mol. The number of rotatable bonds is 4. The van der Waals surface area contributed by atoms with Crippen molar-refractivity contribution in [2.24, 2.45) is 0 Å².